The molecule has 1 fully saturated rings. The fourth-order valence-electron chi connectivity index (χ4n) is 4.04. The number of thioether (sulfide) groups is 1. The van der Waals surface area contributed by atoms with Crippen LogP contribution < -0.4 is 10.9 Å². The predicted molar refractivity (Wildman–Crippen MR) is 121 cm³/mol. The molecule has 0 aromatic carbocycles. The summed E-state index contributed by atoms with van der Waals surface area (Å²) in [5.74, 6) is -0.144. The SMILES string of the molecule is C=CCn1c(SC(C)C(=O)NC2CCS(=O)(=O)C2)nc2sc3c(c2c1=O)CCCC3. The quantitative estimate of drug-likeness (QED) is 0.398. The van der Waals surface area contributed by atoms with Crippen molar-refractivity contribution >= 4 is 49.1 Å². The van der Waals surface area contributed by atoms with Gasteiger partial charge in [-0.05, 0) is 44.6 Å². The van der Waals surface area contributed by atoms with E-state index in [4.69, 9.17) is 4.98 Å². The van der Waals surface area contributed by atoms with Crippen LogP contribution in [0.5, 0.6) is 0 Å². The molecule has 1 aliphatic carbocycles. The first-order chi connectivity index (χ1) is 14.3. The number of carbonyl (C=O) groups excluding carboxylic acids is 1. The third-order valence-corrected chi connectivity index (χ3v) is 9.63. The van der Waals surface area contributed by atoms with Crippen LogP contribution in [0.1, 0.15) is 36.6 Å². The van der Waals surface area contributed by atoms with Crippen LogP contribution in [0, 0.1) is 0 Å². The fourth-order valence-corrected chi connectivity index (χ4v) is 7.94. The van der Waals surface area contributed by atoms with Gasteiger partial charge in [-0.25, -0.2) is 13.4 Å². The number of allylic oxidation sites excluding steroid dienone is 1. The second-order valence-electron chi connectivity index (χ2n) is 7.86. The number of aromatic nitrogens is 2. The largest absolute Gasteiger partial charge is 0.351 e. The number of fused-ring (bicyclic) bond motifs is 3. The minimum absolute atomic E-state index is 0.0116. The monoisotopic (exact) mass is 467 g/mol. The van der Waals surface area contributed by atoms with E-state index < -0.39 is 15.1 Å². The first-order valence-corrected chi connectivity index (χ1v) is 13.6. The minimum atomic E-state index is -3.06. The van der Waals surface area contributed by atoms with Gasteiger partial charge >= 0.3 is 0 Å². The van der Waals surface area contributed by atoms with E-state index in [0.29, 0.717) is 23.5 Å². The van der Waals surface area contributed by atoms with Gasteiger partial charge in [-0.2, -0.15) is 0 Å². The maximum atomic E-state index is 13.3. The van der Waals surface area contributed by atoms with E-state index in [2.05, 4.69) is 11.9 Å². The van der Waals surface area contributed by atoms with E-state index in [1.54, 1.807) is 28.9 Å². The van der Waals surface area contributed by atoms with Crippen molar-refractivity contribution in [2.75, 3.05) is 11.5 Å². The van der Waals surface area contributed by atoms with E-state index >= 15 is 0 Å². The highest BCUT2D eigenvalue weighted by atomic mass is 32.2. The van der Waals surface area contributed by atoms with Crippen LogP contribution in [-0.4, -0.2) is 46.7 Å². The molecule has 1 amide bonds. The zero-order valence-electron chi connectivity index (χ0n) is 16.8. The van der Waals surface area contributed by atoms with Crippen LogP contribution in [0.15, 0.2) is 22.6 Å². The molecule has 162 valence electrons. The van der Waals surface area contributed by atoms with Crippen molar-refractivity contribution < 1.29 is 13.2 Å². The third-order valence-electron chi connectivity index (χ3n) is 5.58. The second kappa shape index (κ2) is 8.47. The third kappa shape index (κ3) is 4.22. The normalized spacial score (nSPS) is 21.3. The van der Waals surface area contributed by atoms with E-state index in [-0.39, 0.29) is 29.0 Å². The van der Waals surface area contributed by atoms with Crippen molar-refractivity contribution in [3.8, 4) is 0 Å². The van der Waals surface area contributed by atoms with Crippen LogP contribution in [0.2, 0.25) is 0 Å². The molecular weight excluding hydrogens is 442 g/mol. The topological polar surface area (TPSA) is 98.1 Å². The number of thiophene rings is 1. The number of nitrogens with zero attached hydrogens (tertiary/aromatic N) is 2. The van der Waals surface area contributed by atoms with Gasteiger partial charge in [0, 0.05) is 17.5 Å². The molecule has 1 N–H and O–H groups in total. The average Bonchev–Trinajstić information content (AvgIpc) is 3.23. The number of hydrogen-bond acceptors (Lipinski definition) is 7. The summed E-state index contributed by atoms with van der Waals surface area (Å²) in [5.41, 5.74) is 1.07. The Bertz CT molecular complexity index is 1170. The van der Waals surface area contributed by atoms with Crippen LogP contribution in [0.25, 0.3) is 10.2 Å². The molecule has 1 aliphatic heterocycles. The zero-order valence-corrected chi connectivity index (χ0v) is 19.3. The Hall–Kier alpha value is -1.65. The molecule has 2 aromatic rings. The first-order valence-electron chi connectivity index (χ1n) is 10.1. The van der Waals surface area contributed by atoms with Gasteiger partial charge in [0.15, 0.2) is 15.0 Å². The predicted octanol–water partition coefficient (Wildman–Crippen LogP) is 2.31. The number of rotatable bonds is 6. The number of carbonyl (C=O) groups is 1. The lowest BCUT2D eigenvalue weighted by Gasteiger charge is -2.17. The summed E-state index contributed by atoms with van der Waals surface area (Å²) in [4.78, 5) is 32.7. The molecule has 0 radical (unpaired) electrons. The molecule has 3 heterocycles. The number of amides is 1. The minimum Gasteiger partial charge on any atom is -0.351 e. The molecule has 0 bridgehead atoms. The van der Waals surface area contributed by atoms with Crippen molar-refractivity contribution in [3.05, 3.63) is 33.4 Å². The van der Waals surface area contributed by atoms with Crippen LogP contribution in [0.3, 0.4) is 0 Å². The number of hydrogen-bond donors (Lipinski definition) is 1. The summed E-state index contributed by atoms with van der Waals surface area (Å²) in [6.45, 7) is 5.83. The molecule has 10 heteroatoms. The van der Waals surface area contributed by atoms with Gasteiger partial charge in [-0.3, -0.25) is 14.2 Å². The maximum Gasteiger partial charge on any atom is 0.263 e. The molecule has 2 aromatic heterocycles. The Morgan fingerprint density at radius 1 is 1.43 bits per heavy atom. The highest BCUT2D eigenvalue weighted by Gasteiger charge is 2.31. The Morgan fingerprint density at radius 3 is 2.90 bits per heavy atom. The van der Waals surface area contributed by atoms with Gasteiger partial charge in [0.1, 0.15) is 4.83 Å². The van der Waals surface area contributed by atoms with E-state index in [9.17, 15) is 18.0 Å². The zero-order chi connectivity index (χ0) is 21.5. The Balaban J connectivity index is 1.61. The van der Waals surface area contributed by atoms with Crippen molar-refractivity contribution in [2.24, 2.45) is 0 Å². The Morgan fingerprint density at radius 2 is 2.20 bits per heavy atom. The smallest absolute Gasteiger partial charge is 0.263 e. The van der Waals surface area contributed by atoms with Crippen molar-refractivity contribution in [1.29, 1.82) is 0 Å². The molecular formula is C20H25N3O4S3. The summed E-state index contributed by atoms with van der Waals surface area (Å²) in [6, 6.07) is -0.347. The first kappa shape index (κ1) is 21.6. The lowest BCUT2D eigenvalue weighted by atomic mass is 9.97. The van der Waals surface area contributed by atoms with Gasteiger partial charge in [0.05, 0.1) is 22.1 Å². The molecule has 0 saturated carbocycles. The van der Waals surface area contributed by atoms with Crippen molar-refractivity contribution in [2.45, 2.75) is 62.0 Å². The maximum absolute atomic E-state index is 13.3. The lowest BCUT2D eigenvalue weighted by Crippen LogP contribution is -2.40. The van der Waals surface area contributed by atoms with E-state index in [1.165, 1.54) is 16.6 Å². The summed E-state index contributed by atoms with van der Waals surface area (Å²) >= 11 is 2.81. The fraction of sp³-hybridized carbons (Fsp3) is 0.550. The molecule has 2 aliphatic rings. The molecule has 7 nitrogen and oxygen atoms in total. The molecule has 0 spiro atoms. The molecule has 30 heavy (non-hydrogen) atoms. The van der Waals surface area contributed by atoms with Crippen LogP contribution in [0.4, 0.5) is 0 Å². The molecule has 2 unspecified atom stereocenters. The number of nitrogens with one attached hydrogen (secondary N) is 1. The van der Waals surface area contributed by atoms with Gasteiger partial charge in [-0.1, -0.05) is 17.8 Å². The van der Waals surface area contributed by atoms with Gasteiger partial charge in [0.2, 0.25) is 5.91 Å². The summed E-state index contributed by atoms with van der Waals surface area (Å²) in [7, 11) is -3.06. The van der Waals surface area contributed by atoms with Crippen LogP contribution >= 0.6 is 23.1 Å². The number of aryl methyl sites for hydroxylation is 2. The standard InChI is InChI=1S/C20H25N3O4S3/c1-3-9-23-19(25)16-14-6-4-5-7-15(14)29-18(16)22-20(23)28-12(2)17(24)21-13-8-10-30(26,27)11-13/h3,12-13H,1,4-11H2,2H3,(H,21,24). The van der Waals surface area contributed by atoms with Gasteiger partial charge in [-0.15, -0.1) is 17.9 Å². The summed E-state index contributed by atoms with van der Waals surface area (Å²) in [6.07, 6.45) is 6.23. The van der Waals surface area contributed by atoms with Crippen molar-refractivity contribution in [3.63, 3.8) is 0 Å². The molecule has 1 saturated heterocycles. The Labute approximate surface area is 183 Å². The second-order valence-corrected chi connectivity index (χ2v) is 12.5. The van der Waals surface area contributed by atoms with Gasteiger partial charge < -0.3 is 5.32 Å². The van der Waals surface area contributed by atoms with Gasteiger partial charge in [0.25, 0.3) is 5.56 Å². The molecule has 2 atom stereocenters. The highest BCUT2D eigenvalue weighted by Crippen LogP contribution is 2.35. The van der Waals surface area contributed by atoms with Crippen LogP contribution in [-0.2, 0) is 34.0 Å². The summed E-state index contributed by atoms with van der Waals surface area (Å²) < 4.78 is 24.9. The van der Waals surface area contributed by atoms with E-state index in [1.807, 2.05) is 0 Å². The van der Waals surface area contributed by atoms with E-state index in [0.717, 1.165) is 36.1 Å². The van der Waals surface area contributed by atoms with Crippen molar-refractivity contribution in [1.82, 2.24) is 14.9 Å². The number of sulfone groups is 1. The lowest BCUT2D eigenvalue weighted by molar-refractivity contribution is -0.120. The Kier molecular flexibility index (Phi) is 6.09. The average molecular weight is 468 g/mol. The summed E-state index contributed by atoms with van der Waals surface area (Å²) in [5, 5.41) is 3.53. The highest BCUT2D eigenvalue weighted by molar-refractivity contribution is 8.00. The molecule has 4 rings (SSSR count).